The molecule has 0 aliphatic rings. The van der Waals surface area contributed by atoms with Gasteiger partial charge in [0.05, 0.1) is 0 Å². The molecule has 0 aromatic rings. The van der Waals surface area contributed by atoms with Crippen LogP contribution in [0.1, 0.15) is 13.8 Å². The Morgan fingerprint density at radius 1 is 1.33 bits per heavy atom. The molecule has 1 N–H and O–H groups in total. The molecule has 0 radical (unpaired) electrons. The van der Waals surface area contributed by atoms with E-state index in [-0.39, 0.29) is 18.4 Å². The summed E-state index contributed by atoms with van der Waals surface area (Å²) >= 11 is 0. The Morgan fingerprint density at radius 2 is 1.87 bits per heavy atom. The molecule has 0 atom stereocenters. The van der Waals surface area contributed by atoms with Gasteiger partial charge in [-0.3, -0.25) is 9.59 Å². The normalized spacial score (nSPS) is 12.2. The van der Waals surface area contributed by atoms with Crippen molar-refractivity contribution in [2.24, 2.45) is 0 Å². The van der Waals surface area contributed by atoms with Crippen molar-refractivity contribution < 1.29 is 14.0 Å². The number of hydrogen-bond donors (Lipinski definition) is 1. The van der Waals surface area contributed by atoms with Gasteiger partial charge < -0.3 is 9.74 Å². The van der Waals surface area contributed by atoms with Crippen molar-refractivity contribution in [1.82, 2.24) is 5.32 Å². The van der Waals surface area contributed by atoms with Crippen LogP contribution in [-0.4, -0.2) is 26.7 Å². The van der Waals surface area contributed by atoms with Crippen molar-refractivity contribution in [3.05, 3.63) is 11.6 Å². The van der Waals surface area contributed by atoms with E-state index in [1.165, 1.54) is 0 Å². The average molecular weight is 229 g/mol. The molecule has 86 valence electrons. The fourth-order valence-electron chi connectivity index (χ4n) is 0.801. The first kappa shape index (κ1) is 13.9. The molecule has 0 aromatic carbocycles. The number of hydrogen-bond acceptors (Lipinski definition) is 3. The third-order valence-corrected chi connectivity index (χ3v) is 2.44. The predicted molar refractivity (Wildman–Crippen MR) is 61.9 cm³/mol. The highest BCUT2D eigenvalue weighted by Crippen LogP contribution is 2.02. The zero-order chi connectivity index (χ0) is 12.1. The van der Waals surface area contributed by atoms with Gasteiger partial charge in [0.15, 0.2) is 0 Å². The van der Waals surface area contributed by atoms with Crippen LogP contribution in [0.3, 0.4) is 0 Å². The van der Waals surface area contributed by atoms with Gasteiger partial charge in [-0.25, -0.2) is 0 Å². The van der Waals surface area contributed by atoms with E-state index in [4.69, 9.17) is 4.43 Å². The molecular weight excluding hydrogens is 210 g/mol. The summed E-state index contributed by atoms with van der Waals surface area (Å²) in [7, 11) is -1.84. The fourth-order valence-corrected chi connectivity index (χ4v) is 1.56. The van der Waals surface area contributed by atoms with Crippen molar-refractivity contribution in [2.45, 2.75) is 33.5 Å². The van der Waals surface area contributed by atoms with Gasteiger partial charge in [-0.05, 0) is 33.5 Å². The van der Waals surface area contributed by atoms with Crippen molar-refractivity contribution >= 4 is 20.2 Å². The van der Waals surface area contributed by atoms with Gasteiger partial charge in [0.2, 0.25) is 14.2 Å². The summed E-state index contributed by atoms with van der Waals surface area (Å²) in [4.78, 5) is 22.5. The summed E-state index contributed by atoms with van der Waals surface area (Å²) in [5, 5.41) is 2.50. The highest BCUT2D eigenvalue weighted by molar-refractivity contribution is 6.71. The summed E-state index contributed by atoms with van der Waals surface area (Å²) in [6, 6.07) is 0. The van der Waals surface area contributed by atoms with Crippen molar-refractivity contribution in [3.63, 3.8) is 0 Å². The Bertz CT molecular complexity index is 279. The lowest BCUT2D eigenvalue weighted by molar-refractivity contribution is -0.135. The minimum atomic E-state index is -1.84. The molecule has 0 saturated carbocycles. The monoisotopic (exact) mass is 229 g/mol. The minimum absolute atomic E-state index is 0.0612. The number of amides is 1. The van der Waals surface area contributed by atoms with E-state index in [9.17, 15) is 9.59 Å². The summed E-state index contributed by atoms with van der Waals surface area (Å²) in [5.41, 5.74) is 0.593. The molecule has 0 spiro atoms. The van der Waals surface area contributed by atoms with Crippen LogP contribution in [0, 0.1) is 0 Å². The largest absolute Gasteiger partial charge is 0.519 e. The topological polar surface area (TPSA) is 55.4 Å². The van der Waals surface area contributed by atoms with Crippen molar-refractivity contribution in [1.29, 1.82) is 0 Å². The van der Waals surface area contributed by atoms with Crippen molar-refractivity contribution in [3.8, 4) is 0 Å². The molecule has 0 fully saturated rings. The van der Waals surface area contributed by atoms with Crippen LogP contribution in [0.15, 0.2) is 11.6 Å². The van der Waals surface area contributed by atoms with E-state index in [1.807, 2.05) is 19.6 Å². The van der Waals surface area contributed by atoms with E-state index in [0.717, 1.165) is 0 Å². The second-order valence-electron chi connectivity index (χ2n) is 4.24. The lowest BCUT2D eigenvalue weighted by Crippen LogP contribution is -2.37. The number of carbonyl (C=O) groups is 2. The average Bonchev–Trinajstić information content (AvgIpc) is 2.10. The van der Waals surface area contributed by atoms with Crippen LogP contribution in [0.5, 0.6) is 0 Å². The first-order valence-corrected chi connectivity index (χ1v) is 8.30. The number of nitrogens with one attached hydrogen (secondary N) is 1. The zero-order valence-electron chi connectivity index (χ0n) is 10.0. The quantitative estimate of drug-likeness (QED) is 0.586. The maximum absolute atomic E-state index is 11.3. The third-order valence-electron chi connectivity index (χ3n) is 1.60. The molecular formula is C10H19NO3Si. The molecule has 0 aliphatic carbocycles. The maximum atomic E-state index is 11.3. The van der Waals surface area contributed by atoms with Gasteiger partial charge >= 0.3 is 5.97 Å². The molecule has 0 rings (SSSR count). The Morgan fingerprint density at radius 3 is 2.27 bits per heavy atom. The first-order valence-electron chi connectivity index (χ1n) is 4.89. The lowest BCUT2D eigenvalue weighted by Gasteiger charge is -2.17. The summed E-state index contributed by atoms with van der Waals surface area (Å²) in [6.45, 7) is 9.17. The van der Waals surface area contributed by atoms with Crippen LogP contribution >= 0.6 is 0 Å². The van der Waals surface area contributed by atoms with Gasteiger partial charge in [-0.1, -0.05) is 6.08 Å². The smallest absolute Gasteiger partial charge is 0.312 e. The molecule has 1 amide bonds. The standard InChI is InChI=1S/C10H19NO3Si/c1-6-8(2)10(13)11-7-9(12)14-15(3,4)5/h6H,7H2,1-5H3,(H,11,13). The molecule has 4 nitrogen and oxygen atoms in total. The molecule has 0 saturated heterocycles. The van der Waals surface area contributed by atoms with Crippen molar-refractivity contribution in [2.75, 3.05) is 6.54 Å². The Kier molecular flexibility index (Phi) is 5.28. The Hall–Kier alpha value is -1.10. The predicted octanol–water partition coefficient (Wildman–Crippen LogP) is 1.45. The molecule has 0 aromatic heterocycles. The zero-order valence-corrected chi connectivity index (χ0v) is 11.0. The van der Waals surface area contributed by atoms with E-state index >= 15 is 0 Å². The summed E-state index contributed by atoms with van der Waals surface area (Å²) in [6.07, 6.45) is 1.69. The van der Waals surface area contributed by atoms with E-state index in [0.29, 0.717) is 5.57 Å². The second-order valence-corrected chi connectivity index (χ2v) is 8.67. The molecule has 0 unspecified atom stereocenters. The number of carbonyl (C=O) groups excluding carboxylic acids is 2. The Balaban J connectivity index is 3.98. The summed E-state index contributed by atoms with van der Waals surface area (Å²) in [5.74, 6) is -0.601. The first-order chi connectivity index (χ1) is 6.76. The van der Waals surface area contributed by atoms with E-state index < -0.39 is 8.32 Å². The SMILES string of the molecule is CC=C(C)C(=O)NCC(=O)O[Si](C)(C)C. The number of rotatable bonds is 4. The molecule has 15 heavy (non-hydrogen) atoms. The second kappa shape index (κ2) is 5.70. The van der Waals surface area contributed by atoms with Crippen LogP contribution in [0.25, 0.3) is 0 Å². The summed E-state index contributed by atoms with van der Waals surface area (Å²) < 4.78 is 5.17. The van der Waals surface area contributed by atoms with E-state index in [2.05, 4.69) is 5.32 Å². The van der Waals surface area contributed by atoms with Gasteiger partial charge in [0.25, 0.3) is 0 Å². The molecule has 0 bridgehead atoms. The van der Waals surface area contributed by atoms with Crippen LogP contribution in [0.2, 0.25) is 19.6 Å². The third kappa shape index (κ3) is 6.90. The Labute approximate surface area is 91.8 Å². The fraction of sp³-hybridized carbons (Fsp3) is 0.600. The lowest BCUT2D eigenvalue weighted by atomic mass is 10.3. The van der Waals surface area contributed by atoms with Gasteiger partial charge in [0, 0.05) is 5.57 Å². The maximum Gasteiger partial charge on any atom is 0.312 e. The molecule has 0 aliphatic heterocycles. The van der Waals surface area contributed by atoms with Gasteiger partial charge in [-0.15, -0.1) is 0 Å². The molecule has 0 heterocycles. The number of allylic oxidation sites excluding steroid dienone is 1. The van der Waals surface area contributed by atoms with E-state index in [1.54, 1.807) is 19.9 Å². The van der Waals surface area contributed by atoms with Gasteiger partial charge in [0.1, 0.15) is 6.54 Å². The minimum Gasteiger partial charge on any atom is -0.519 e. The van der Waals surface area contributed by atoms with Crippen LogP contribution in [0.4, 0.5) is 0 Å². The highest BCUT2D eigenvalue weighted by atomic mass is 28.4. The molecule has 5 heteroatoms. The van der Waals surface area contributed by atoms with Crippen LogP contribution < -0.4 is 5.32 Å². The van der Waals surface area contributed by atoms with Crippen LogP contribution in [-0.2, 0) is 14.0 Å². The highest BCUT2D eigenvalue weighted by Gasteiger charge is 2.19. The van der Waals surface area contributed by atoms with Gasteiger partial charge in [-0.2, -0.15) is 0 Å².